The van der Waals surface area contributed by atoms with Gasteiger partial charge >= 0.3 is 5.97 Å². The van der Waals surface area contributed by atoms with Gasteiger partial charge in [0.1, 0.15) is 0 Å². The monoisotopic (exact) mass is 279 g/mol. The number of nitrogens with one attached hydrogen (secondary N) is 1. The van der Waals surface area contributed by atoms with Crippen LogP contribution in [0.3, 0.4) is 0 Å². The minimum Gasteiger partial charge on any atom is -0.481 e. The fraction of sp³-hybridized carbons (Fsp3) is 0.562. The second kappa shape index (κ2) is 8.72. The van der Waals surface area contributed by atoms with Crippen molar-refractivity contribution in [2.24, 2.45) is 5.92 Å². The normalized spacial score (nSPS) is 12.6. The van der Waals surface area contributed by atoms with Crippen LogP contribution < -0.4 is 5.32 Å². The van der Waals surface area contributed by atoms with Gasteiger partial charge in [0, 0.05) is 13.1 Å². The Labute approximate surface area is 120 Å². The summed E-state index contributed by atoms with van der Waals surface area (Å²) in [6.45, 7) is 5.29. The summed E-state index contributed by atoms with van der Waals surface area (Å²) in [4.78, 5) is 10.8. The second-order valence-corrected chi connectivity index (χ2v) is 5.11. The second-order valence-electron chi connectivity index (χ2n) is 5.11. The Hall–Kier alpha value is -1.39. The number of carboxylic acids is 1. The van der Waals surface area contributed by atoms with Gasteiger partial charge in [0.15, 0.2) is 0 Å². The van der Waals surface area contributed by atoms with Crippen molar-refractivity contribution in [3.8, 4) is 0 Å². The molecule has 1 atom stereocenters. The molecule has 0 aromatic heterocycles. The maximum Gasteiger partial charge on any atom is 0.307 e. The van der Waals surface area contributed by atoms with Crippen molar-refractivity contribution in [1.29, 1.82) is 0 Å². The van der Waals surface area contributed by atoms with E-state index in [0.29, 0.717) is 19.0 Å². The van der Waals surface area contributed by atoms with Crippen molar-refractivity contribution in [2.75, 3.05) is 6.54 Å². The number of aliphatic hydroxyl groups is 1. The minimum absolute atomic E-state index is 0.0347. The summed E-state index contributed by atoms with van der Waals surface area (Å²) in [7, 11) is 0. The van der Waals surface area contributed by atoms with Crippen molar-refractivity contribution >= 4 is 5.97 Å². The van der Waals surface area contributed by atoms with Gasteiger partial charge in [-0.1, -0.05) is 51.0 Å². The molecular formula is C16H25NO3. The molecule has 0 amide bonds. The lowest BCUT2D eigenvalue weighted by Crippen LogP contribution is -2.32. The van der Waals surface area contributed by atoms with E-state index in [9.17, 15) is 9.90 Å². The molecule has 0 saturated carbocycles. The van der Waals surface area contributed by atoms with Crippen molar-refractivity contribution < 1.29 is 15.0 Å². The molecule has 0 bridgehead atoms. The maximum absolute atomic E-state index is 10.8. The molecule has 4 nitrogen and oxygen atoms in total. The first-order chi connectivity index (χ1) is 9.58. The molecule has 0 aliphatic carbocycles. The van der Waals surface area contributed by atoms with Crippen LogP contribution in [0.25, 0.3) is 0 Å². The third kappa shape index (κ3) is 5.31. The van der Waals surface area contributed by atoms with Crippen molar-refractivity contribution in [1.82, 2.24) is 5.32 Å². The van der Waals surface area contributed by atoms with Crippen molar-refractivity contribution in [2.45, 2.75) is 45.8 Å². The number of hydrogen-bond acceptors (Lipinski definition) is 3. The molecule has 0 aliphatic rings. The molecule has 112 valence electrons. The molecule has 1 aromatic rings. The van der Waals surface area contributed by atoms with Gasteiger partial charge in [-0.25, -0.2) is 0 Å². The molecule has 0 aliphatic heterocycles. The van der Waals surface area contributed by atoms with Gasteiger partial charge in [-0.2, -0.15) is 0 Å². The summed E-state index contributed by atoms with van der Waals surface area (Å²) in [5.41, 5.74) is 1.80. The predicted molar refractivity (Wildman–Crippen MR) is 79.6 cm³/mol. The maximum atomic E-state index is 10.8. The van der Waals surface area contributed by atoms with E-state index < -0.39 is 5.97 Å². The van der Waals surface area contributed by atoms with Gasteiger partial charge in [-0.05, 0) is 17.0 Å². The number of aliphatic hydroxyl groups excluding tert-OH is 1. The Morgan fingerprint density at radius 2 is 1.80 bits per heavy atom. The summed E-state index contributed by atoms with van der Waals surface area (Å²) < 4.78 is 0. The first kappa shape index (κ1) is 16.7. The summed E-state index contributed by atoms with van der Waals surface area (Å²) >= 11 is 0. The highest BCUT2D eigenvalue weighted by Gasteiger charge is 2.15. The van der Waals surface area contributed by atoms with E-state index in [-0.39, 0.29) is 12.5 Å². The van der Waals surface area contributed by atoms with E-state index in [1.54, 1.807) is 0 Å². The zero-order valence-electron chi connectivity index (χ0n) is 12.3. The van der Waals surface area contributed by atoms with E-state index in [2.05, 4.69) is 19.2 Å². The third-order valence-electron chi connectivity index (χ3n) is 3.72. The van der Waals surface area contributed by atoms with Crippen molar-refractivity contribution in [3.63, 3.8) is 0 Å². The Morgan fingerprint density at radius 3 is 2.35 bits per heavy atom. The standard InChI is InChI=1S/C16H25NO3/c1-3-12(4-2)15(18)11-17-10-14-8-6-5-7-13(14)9-16(19)20/h5-8,12,15,17-18H,3-4,9-11H2,1-2H3,(H,19,20). The Kier molecular flexibility index (Phi) is 7.26. The van der Waals surface area contributed by atoms with Gasteiger partial charge in [-0.3, -0.25) is 4.79 Å². The Bertz CT molecular complexity index is 416. The lowest BCUT2D eigenvalue weighted by atomic mass is 9.96. The summed E-state index contributed by atoms with van der Waals surface area (Å²) in [6.07, 6.45) is 1.62. The van der Waals surface area contributed by atoms with Crippen LogP contribution >= 0.6 is 0 Å². The average molecular weight is 279 g/mol. The summed E-state index contributed by atoms with van der Waals surface area (Å²) in [6, 6.07) is 7.51. The van der Waals surface area contributed by atoms with Gasteiger partial charge in [0.25, 0.3) is 0 Å². The lowest BCUT2D eigenvalue weighted by Gasteiger charge is -2.20. The molecule has 0 heterocycles. The molecule has 0 fully saturated rings. The topological polar surface area (TPSA) is 69.6 Å². The molecule has 1 rings (SSSR count). The first-order valence-electron chi connectivity index (χ1n) is 7.25. The van der Waals surface area contributed by atoms with Crippen LogP contribution in [0.1, 0.15) is 37.8 Å². The van der Waals surface area contributed by atoms with Crippen LogP contribution in [0, 0.1) is 5.92 Å². The number of aliphatic carboxylic acids is 1. The average Bonchev–Trinajstić information content (AvgIpc) is 2.41. The first-order valence-corrected chi connectivity index (χ1v) is 7.25. The number of rotatable bonds is 9. The molecule has 20 heavy (non-hydrogen) atoms. The summed E-state index contributed by atoms with van der Waals surface area (Å²) in [5, 5.41) is 22.1. The summed E-state index contributed by atoms with van der Waals surface area (Å²) in [5.74, 6) is -0.508. The Morgan fingerprint density at radius 1 is 1.20 bits per heavy atom. The zero-order chi connectivity index (χ0) is 15.0. The zero-order valence-corrected chi connectivity index (χ0v) is 12.3. The van der Waals surface area contributed by atoms with Gasteiger partial charge in [0.05, 0.1) is 12.5 Å². The molecule has 1 aromatic carbocycles. The van der Waals surface area contributed by atoms with Crippen LogP contribution in [0.2, 0.25) is 0 Å². The van der Waals surface area contributed by atoms with Gasteiger partial charge in [0.2, 0.25) is 0 Å². The van der Waals surface area contributed by atoms with E-state index >= 15 is 0 Å². The van der Waals surface area contributed by atoms with Crippen LogP contribution in [0.15, 0.2) is 24.3 Å². The molecule has 4 heteroatoms. The quantitative estimate of drug-likeness (QED) is 0.648. The largest absolute Gasteiger partial charge is 0.481 e. The fourth-order valence-electron chi connectivity index (χ4n) is 2.42. The number of carbonyl (C=O) groups is 1. The van der Waals surface area contributed by atoms with E-state index in [1.165, 1.54) is 0 Å². The molecule has 1 unspecified atom stereocenters. The van der Waals surface area contributed by atoms with Crippen molar-refractivity contribution in [3.05, 3.63) is 35.4 Å². The molecule has 0 saturated heterocycles. The lowest BCUT2D eigenvalue weighted by molar-refractivity contribution is -0.136. The van der Waals surface area contributed by atoms with Crippen LogP contribution in [-0.4, -0.2) is 28.8 Å². The molecule has 0 spiro atoms. The molecular weight excluding hydrogens is 254 g/mol. The number of carboxylic acid groups (broad SMARTS) is 1. The van der Waals surface area contributed by atoms with Gasteiger partial charge < -0.3 is 15.5 Å². The van der Waals surface area contributed by atoms with Crippen LogP contribution in [0.4, 0.5) is 0 Å². The van der Waals surface area contributed by atoms with E-state index in [4.69, 9.17) is 5.11 Å². The van der Waals surface area contributed by atoms with Crippen LogP contribution in [0.5, 0.6) is 0 Å². The minimum atomic E-state index is -0.825. The highest BCUT2D eigenvalue weighted by atomic mass is 16.4. The highest BCUT2D eigenvalue weighted by molar-refractivity contribution is 5.70. The Balaban J connectivity index is 2.51. The molecule has 0 radical (unpaired) electrons. The molecule has 3 N–H and O–H groups in total. The SMILES string of the molecule is CCC(CC)C(O)CNCc1ccccc1CC(=O)O. The number of benzene rings is 1. The third-order valence-corrected chi connectivity index (χ3v) is 3.72. The van der Waals surface area contributed by atoms with E-state index in [0.717, 1.165) is 24.0 Å². The number of hydrogen-bond donors (Lipinski definition) is 3. The van der Waals surface area contributed by atoms with Crippen LogP contribution in [-0.2, 0) is 17.8 Å². The smallest absolute Gasteiger partial charge is 0.307 e. The highest BCUT2D eigenvalue weighted by Crippen LogP contribution is 2.13. The van der Waals surface area contributed by atoms with Gasteiger partial charge in [-0.15, -0.1) is 0 Å². The van der Waals surface area contributed by atoms with E-state index in [1.807, 2.05) is 24.3 Å². The fourth-order valence-corrected chi connectivity index (χ4v) is 2.42. The predicted octanol–water partition coefficient (Wildman–Crippen LogP) is 2.20.